The lowest BCUT2D eigenvalue weighted by atomic mass is 10.1. The summed E-state index contributed by atoms with van der Waals surface area (Å²) in [6.07, 6.45) is 1.83. The van der Waals surface area contributed by atoms with Gasteiger partial charge in [-0.15, -0.1) is 0 Å². The third-order valence-corrected chi connectivity index (χ3v) is 4.07. The Morgan fingerprint density at radius 3 is 2.62 bits per heavy atom. The van der Waals surface area contributed by atoms with Crippen LogP contribution in [-0.2, 0) is 6.42 Å². The number of rotatable bonds is 6. The Morgan fingerprint density at radius 1 is 1.08 bits per heavy atom. The Hall–Kier alpha value is -2.59. The number of H-pyrrole nitrogens is 1. The van der Waals surface area contributed by atoms with E-state index >= 15 is 0 Å². The molecule has 1 heterocycles. The second kappa shape index (κ2) is 7.79. The van der Waals surface area contributed by atoms with Crippen molar-refractivity contribution in [2.75, 3.05) is 6.54 Å². The summed E-state index contributed by atoms with van der Waals surface area (Å²) in [4.78, 5) is 12.2. The van der Waals surface area contributed by atoms with Crippen molar-refractivity contribution in [3.63, 3.8) is 0 Å². The lowest BCUT2D eigenvalue weighted by molar-refractivity contribution is 0.0948. The average Bonchev–Trinajstić information content (AvgIpc) is 3.10. The van der Waals surface area contributed by atoms with Gasteiger partial charge in [-0.2, -0.15) is 5.10 Å². The maximum absolute atomic E-state index is 12.2. The number of hydrogen-bond donors (Lipinski definition) is 2. The van der Waals surface area contributed by atoms with Gasteiger partial charge >= 0.3 is 0 Å². The fourth-order valence-electron chi connectivity index (χ4n) is 2.48. The monoisotopic (exact) mass is 339 g/mol. The number of aromatic nitrogens is 2. The van der Waals surface area contributed by atoms with E-state index in [4.69, 9.17) is 11.6 Å². The zero-order valence-corrected chi connectivity index (χ0v) is 13.9. The van der Waals surface area contributed by atoms with Crippen LogP contribution < -0.4 is 5.32 Å². The molecule has 2 N–H and O–H groups in total. The molecular formula is C19H18ClN3O. The molecule has 122 valence electrons. The average molecular weight is 340 g/mol. The predicted molar refractivity (Wildman–Crippen MR) is 96.1 cm³/mol. The maximum Gasteiger partial charge on any atom is 0.269 e. The Bertz CT molecular complexity index is 814. The van der Waals surface area contributed by atoms with Crippen molar-refractivity contribution < 1.29 is 4.79 Å². The summed E-state index contributed by atoms with van der Waals surface area (Å²) in [5.41, 5.74) is 3.17. The molecule has 24 heavy (non-hydrogen) atoms. The lowest BCUT2D eigenvalue weighted by Gasteiger charge is -2.03. The van der Waals surface area contributed by atoms with Crippen LogP contribution in [0, 0.1) is 0 Å². The zero-order chi connectivity index (χ0) is 16.8. The number of aromatic amines is 1. The Morgan fingerprint density at radius 2 is 1.83 bits per heavy atom. The zero-order valence-electron chi connectivity index (χ0n) is 13.1. The van der Waals surface area contributed by atoms with Crippen LogP contribution in [0.1, 0.15) is 22.5 Å². The number of carbonyl (C=O) groups excluding carboxylic acids is 1. The van der Waals surface area contributed by atoms with Gasteiger partial charge in [0.15, 0.2) is 0 Å². The van der Waals surface area contributed by atoms with Gasteiger partial charge in [0.25, 0.3) is 5.91 Å². The molecule has 0 saturated carbocycles. The first-order valence-corrected chi connectivity index (χ1v) is 8.24. The molecule has 0 spiro atoms. The molecule has 0 radical (unpaired) electrons. The molecule has 1 amide bonds. The minimum Gasteiger partial charge on any atom is -0.351 e. The van der Waals surface area contributed by atoms with Gasteiger partial charge in [0, 0.05) is 12.1 Å². The predicted octanol–water partition coefficient (Wildman–Crippen LogP) is 4.09. The third kappa shape index (κ3) is 4.03. The van der Waals surface area contributed by atoms with E-state index in [1.807, 2.05) is 36.4 Å². The lowest BCUT2D eigenvalue weighted by Crippen LogP contribution is -2.25. The van der Waals surface area contributed by atoms with E-state index in [0.29, 0.717) is 23.0 Å². The first kappa shape index (κ1) is 16.3. The van der Waals surface area contributed by atoms with Crippen molar-refractivity contribution >= 4 is 17.5 Å². The SMILES string of the molecule is O=C(NCCCc1ccccc1)c1cc(-c2ccccc2Cl)n[nH]1. The van der Waals surface area contributed by atoms with Crippen LogP contribution in [0.3, 0.4) is 0 Å². The van der Waals surface area contributed by atoms with Crippen molar-refractivity contribution in [2.24, 2.45) is 0 Å². The number of aryl methyl sites for hydroxylation is 1. The highest BCUT2D eigenvalue weighted by Crippen LogP contribution is 2.26. The summed E-state index contributed by atoms with van der Waals surface area (Å²) >= 11 is 6.15. The van der Waals surface area contributed by atoms with Crippen molar-refractivity contribution in [1.29, 1.82) is 0 Å². The molecule has 0 atom stereocenters. The third-order valence-electron chi connectivity index (χ3n) is 3.74. The molecule has 5 heteroatoms. The quantitative estimate of drug-likeness (QED) is 0.664. The van der Waals surface area contributed by atoms with E-state index < -0.39 is 0 Å². The molecule has 0 unspecified atom stereocenters. The topological polar surface area (TPSA) is 57.8 Å². The number of benzene rings is 2. The van der Waals surface area contributed by atoms with E-state index in [9.17, 15) is 4.79 Å². The van der Waals surface area contributed by atoms with E-state index in [1.165, 1.54) is 5.56 Å². The van der Waals surface area contributed by atoms with Gasteiger partial charge in [0.1, 0.15) is 5.69 Å². The van der Waals surface area contributed by atoms with Gasteiger partial charge in [-0.05, 0) is 30.5 Å². The molecule has 0 fully saturated rings. The summed E-state index contributed by atoms with van der Waals surface area (Å²) < 4.78 is 0. The fraction of sp³-hybridized carbons (Fsp3) is 0.158. The first-order valence-electron chi connectivity index (χ1n) is 7.86. The van der Waals surface area contributed by atoms with Crippen LogP contribution in [0.4, 0.5) is 0 Å². The molecule has 0 saturated heterocycles. The van der Waals surface area contributed by atoms with E-state index in [0.717, 1.165) is 18.4 Å². The Labute approximate surface area is 145 Å². The van der Waals surface area contributed by atoms with Gasteiger partial charge in [-0.3, -0.25) is 9.89 Å². The molecule has 3 rings (SSSR count). The highest BCUT2D eigenvalue weighted by Gasteiger charge is 2.12. The van der Waals surface area contributed by atoms with Crippen LogP contribution in [0.5, 0.6) is 0 Å². The number of nitrogens with zero attached hydrogens (tertiary/aromatic N) is 1. The van der Waals surface area contributed by atoms with Gasteiger partial charge in [0.2, 0.25) is 0 Å². The Balaban J connectivity index is 1.54. The minimum absolute atomic E-state index is 0.158. The van der Waals surface area contributed by atoms with E-state index in [-0.39, 0.29) is 5.91 Å². The van der Waals surface area contributed by atoms with E-state index in [1.54, 1.807) is 12.1 Å². The number of amides is 1. The normalized spacial score (nSPS) is 10.5. The van der Waals surface area contributed by atoms with Crippen LogP contribution in [0.15, 0.2) is 60.7 Å². The van der Waals surface area contributed by atoms with Crippen LogP contribution in [-0.4, -0.2) is 22.6 Å². The fourth-order valence-corrected chi connectivity index (χ4v) is 2.71. The van der Waals surface area contributed by atoms with Gasteiger partial charge in [-0.1, -0.05) is 60.1 Å². The van der Waals surface area contributed by atoms with Crippen molar-refractivity contribution in [3.05, 3.63) is 76.9 Å². The van der Waals surface area contributed by atoms with Gasteiger partial charge in [0.05, 0.1) is 10.7 Å². The summed E-state index contributed by atoms with van der Waals surface area (Å²) in [6, 6.07) is 19.4. The summed E-state index contributed by atoms with van der Waals surface area (Å²) in [5, 5.41) is 10.5. The summed E-state index contributed by atoms with van der Waals surface area (Å²) in [6.45, 7) is 0.619. The second-order valence-electron chi connectivity index (χ2n) is 5.49. The molecule has 3 aromatic rings. The minimum atomic E-state index is -0.158. The maximum atomic E-state index is 12.2. The van der Waals surface area contributed by atoms with Crippen LogP contribution >= 0.6 is 11.6 Å². The van der Waals surface area contributed by atoms with Crippen molar-refractivity contribution in [2.45, 2.75) is 12.8 Å². The molecule has 0 aliphatic heterocycles. The number of halogens is 1. The standard InChI is InChI=1S/C19H18ClN3O/c20-16-11-5-4-10-15(16)17-13-18(23-22-17)19(24)21-12-6-9-14-7-2-1-3-8-14/h1-5,7-8,10-11,13H,6,9,12H2,(H,21,24)(H,22,23). The molecule has 0 bridgehead atoms. The second-order valence-corrected chi connectivity index (χ2v) is 5.90. The van der Waals surface area contributed by atoms with Crippen LogP contribution in [0.25, 0.3) is 11.3 Å². The molecular weight excluding hydrogens is 322 g/mol. The first-order chi connectivity index (χ1) is 11.7. The number of nitrogens with one attached hydrogen (secondary N) is 2. The molecule has 4 nitrogen and oxygen atoms in total. The molecule has 1 aromatic heterocycles. The van der Waals surface area contributed by atoms with Crippen molar-refractivity contribution in [1.82, 2.24) is 15.5 Å². The highest BCUT2D eigenvalue weighted by atomic mass is 35.5. The van der Waals surface area contributed by atoms with Crippen molar-refractivity contribution in [3.8, 4) is 11.3 Å². The van der Waals surface area contributed by atoms with Gasteiger partial charge < -0.3 is 5.32 Å². The smallest absolute Gasteiger partial charge is 0.269 e. The molecule has 0 aliphatic rings. The van der Waals surface area contributed by atoms with E-state index in [2.05, 4.69) is 27.6 Å². The Kier molecular flexibility index (Phi) is 5.29. The number of hydrogen-bond acceptors (Lipinski definition) is 2. The summed E-state index contributed by atoms with van der Waals surface area (Å²) in [5.74, 6) is -0.158. The van der Waals surface area contributed by atoms with Gasteiger partial charge in [-0.25, -0.2) is 0 Å². The molecule has 2 aromatic carbocycles. The van der Waals surface area contributed by atoms with Crippen LogP contribution in [0.2, 0.25) is 5.02 Å². The number of carbonyl (C=O) groups is 1. The molecule has 0 aliphatic carbocycles. The summed E-state index contributed by atoms with van der Waals surface area (Å²) in [7, 11) is 0. The highest BCUT2D eigenvalue weighted by molar-refractivity contribution is 6.33. The largest absolute Gasteiger partial charge is 0.351 e.